The molecule has 2 heterocycles. The highest BCUT2D eigenvalue weighted by Crippen LogP contribution is 2.41. The number of methoxy groups -OCH3 is 3. The molecule has 0 spiro atoms. The summed E-state index contributed by atoms with van der Waals surface area (Å²) in [6.07, 6.45) is 0. The number of aryl methyl sites for hydroxylation is 1. The molecule has 4 aromatic rings. The van der Waals surface area contributed by atoms with Gasteiger partial charge in [-0.25, -0.2) is 0 Å². The quantitative estimate of drug-likeness (QED) is 0.457. The normalized spacial score (nSPS) is 10.9. The molecule has 150 valence electrons. The smallest absolute Gasteiger partial charge is 0.235 e. The van der Waals surface area contributed by atoms with Gasteiger partial charge in [0.2, 0.25) is 10.7 Å². The summed E-state index contributed by atoms with van der Waals surface area (Å²) in [6, 6.07) is 11.5. The lowest BCUT2D eigenvalue weighted by Gasteiger charge is -2.13. The van der Waals surface area contributed by atoms with Crippen molar-refractivity contribution < 1.29 is 18.9 Å². The van der Waals surface area contributed by atoms with Gasteiger partial charge in [0.1, 0.15) is 12.4 Å². The third kappa shape index (κ3) is 3.68. The van der Waals surface area contributed by atoms with Crippen LogP contribution in [-0.4, -0.2) is 41.1 Å². The zero-order valence-corrected chi connectivity index (χ0v) is 17.3. The van der Waals surface area contributed by atoms with E-state index < -0.39 is 0 Å². The van der Waals surface area contributed by atoms with E-state index in [2.05, 4.69) is 15.3 Å². The maximum Gasteiger partial charge on any atom is 0.235 e. The molecule has 0 fully saturated rings. The van der Waals surface area contributed by atoms with Gasteiger partial charge < -0.3 is 18.9 Å². The zero-order valence-electron chi connectivity index (χ0n) is 16.5. The van der Waals surface area contributed by atoms with Crippen molar-refractivity contribution in [3.8, 4) is 34.4 Å². The molecule has 0 aliphatic carbocycles. The molecule has 0 saturated heterocycles. The molecule has 9 heteroatoms. The van der Waals surface area contributed by atoms with E-state index in [1.54, 1.807) is 25.8 Å². The van der Waals surface area contributed by atoms with Crippen LogP contribution < -0.4 is 18.9 Å². The van der Waals surface area contributed by atoms with Crippen molar-refractivity contribution in [3.63, 3.8) is 0 Å². The molecule has 0 amide bonds. The van der Waals surface area contributed by atoms with Gasteiger partial charge in [-0.3, -0.25) is 0 Å². The molecule has 0 aliphatic heterocycles. The number of ether oxygens (including phenoxy) is 4. The van der Waals surface area contributed by atoms with Crippen molar-refractivity contribution >= 4 is 16.3 Å². The standard InChI is InChI=1S/C20H20N4O4S/c1-12-5-7-14(8-6-12)28-11-17-23-24-19(21-22-20(24)29-17)13-9-15(25-2)18(27-4)16(10-13)26-3/h5-10H,11H2,1-4H3. The molecule has 0 atom stereocenters. The van der Waals surface area contributed by atoms with Crippen LogP contribution in [0.25, 0.3) is 16.3 Å². The Hall–Kier alpha value is -3.33. The van der Waals surface area contributed by atoms with Crippen LogP contribution in [-0.2, 0) is 6.61 Å². The molecule has 29 heavy (non-hydrogen) atoms. The minimum absolute atomic E-state index is 0.353. The molecule has 0 aliphatic rings. The second-order valence-electron chi connectivity index (χ2n) is 6.23. The lowest BCUT2D eigenvalue weighted by atomic mass is 10.1. The predicted octanol–water partition coefficient (Wildman–Crippen LogP) is 3.77. The molecule has 4 rings (SSSR count). The van der Waals surface area contributed by atoms with Gasteiger partial charge in [-0.1, -0.05) is 29.0 Å². The van der Waals surface area contributed by atoms with Crippen molar-refractivity contribution in [2.45, 2.75) is 13.5 Å². The molecule has 0 unspecified atom stereocenters. The van der Waals surface area contributed by atoms with Gasteiger partial charge in [0.05, 0.1) is 21.3 Å². The average molecular weight is 412 g/mol. The summed E-state index contributed by atoms with van der Waals surface area (Å²) < 4.78 is 23.8. The lowest BCUT2D eigenvalue weighted by molar-refractivity contribution is 0.304. The first kappa shape index (κ1) is 19.0. The average Bonchev–Trinajstić information content (AvgIpc) is 3.32. The first-order chi connectivity index (χ1) is 14.1. The summed E-state index contributed by atoms with van der Waals surface area (Å²) in [4.78, 5) is 0.677. The number of hydrogen-bond donors (Lipinski definition) is 0. The molecule has 2 aromatic heterocycles. The molecular formula is C20H20N4O4S. The van der Waals surface area contributed by atoms with E-state index in [0.29, 0.717) is 34.6 Å². The molecule has 0 N–H and O–H groups in total. The number of nitrogens with zero attached hydrogens (tertiary/aromatic N) is 4. The summed E-state index contributed by atoms with van der Waals surface area (Å²) in [6.45, 7) is 2.39. The first-order valence-corrected chi connectivity index (χ1v) is 9.65. The van der Waals surface area contributed by atoms with E-state index in [9.17, 15) is 0 Å². The van der Waals surface area contributed by atoms with Gasteiger partial charge in [-0.2, -0.15) is 9.61 Å². The Morgan fingerprint density at radius 1 is 0.931 bits per heavy atom. The summed E-state index contributed by atoms with van der Waals surface area (Å²) in [5.74, 6) is 2.97. The zero-order chi connectivity index (χ0) is 20.4. The van der Waals surface area contributed by atoms with E-state index in [1.807, 2.05) is 43.3 Å². The number of fused-ring (bicyclic) bond motifs is 1. The highest BCUT2D eigenvalue weighted by molar-refractivity contribution is 7.16. The van der Waals surface area contributed by atoms with Crippen LogP contribution in [0.15, 0.2) is 36.4 Å². The molecule has 0 radical (unpaired) electrons. The minimum atomic E-state index is 0.353. The van der Waals surface area contributed by atoms with Gasteiger partial charge in [0.25, 0.3) is 0 Å². The summed E-state index contributed by atoms with van der Waals surface area (Å²) >= 11 is 1.43. The lowest BCUT2D eigenvalue weighted by Crippen LogP contribution is -1.99. The second kappa shape index (κ2) is 7.96. The third-order valence-corrected chi connectivity index (χ3v) is 5.21. The highest BCUT2D eigenvalue weighted by Gasteiger charge is 2.19. The van der Waals surface area contributed by atoms with E-state index in [-0.39, 0.29) is 0 Å². The van der Waals surface area contributed by atoms with E-state index in [1.165, 1.54) is 16.9 Å². The fourth-order valence-electron chi connectivity index (χ4n) is 2.88. The van der Waals surface area contributed by atoms with Crippen molar-refractivity contribution in [2.75, 3.05) is 21.3 Å². The Labute approximate surface area is 171 Å². The molecule has 8 nitrogen and oxygen atoms in total. The fraction of sp³-hybridized carbons (Fsp3) is 0.250. The Balaban J connectivity index is 1.64. The van der Waals surface area contributed by atoms with Gasteiger partial charge in [-0.15, -0.1) is 10.2 Å². The molecular weight excluding hydrogens is 392 g/mol. The minimum Gasteiger partial charge on any atom is -0.493 e. The van der Waals surface area contributed by atoms with Crippen LogP contribution >= 0.6 is 11.3 Å². The van der Waals surface area contributed by atoms with E-state index in [4.69, 9.17) is 18.9 Å². The number of hydrogen-bond acceptors (Lipinski definition) is 8. The Kier molecular flexibility index (Phi) is 5.22. The Morgan fingerprint density at radius 2 is 1.62 bits per heavy atom. The van der Waals surface area contributed by atoms with Crippen molar-refractivity contribution in [3.05, 3.63) is 47.0 Å². The Bertz CT molecular complexity index is 1110. The SMILES string of the molecule is COc1cc(-c2nnc3sc(COc4ccc(C)cc4)nn23)cc(OC)c1OC. The van der Waals surface area contributed by atoms with Gasteiger partial charge in [0, 0.05) is 5.56 Å². The van der Waals surface area contributed by atoms with Crippen LogP contribution in [0.1, 0.15) is 10.6 Å². The number of benzene rings is 2. The van der Waals surface area contributed by atoms with Crippen LogP contribution in [0.3, 0.4) is 0 Å². The highest BCUT2D eigenvalue weighted by atomic mass is 32.1. The van der Waals surface area contributed by atoms with Crippen LogP contribution in [0, 0.1) is 6.92 Å². The summed E-state index contributed by atoms with van der Waals surface area (Å²) in [7, 11) is 4.71. The topological polar surface area (TPSA) is 80.0 Å². The number of rotatable bonds is 7. The second-order valence-corrected chi connectivity index (χ2v) is 7.27. The molecule has 0 bridgehead atoms. The first-order valence-electron chi connectivity index (χ1n) is 8.84. The Morgan fingerprint density at radius 3 is 2.24 bits per heavy atom. The maximum absolute atomic E-state index is 5.82. The fourth-order valence-corrected chi connectivity index (χ4v) is 3.63. The molecule has 0 saturated carbocycles. The van der Waals surface area contributed by atoms with Crippen molar-refractivity contribution in [2.24, 2.45) is 0 Å². The maximum atomic E-state index is 5.82. The summed E-state index contributed by atoms with van der Waals surface area (Å²) in [5, 5.41) is 13.9. The molecule has 2 aromatic carbocycles. The predicted molar refractivity (Wildman–Crippen MR) is 109 cm³/mol. The summed E-state index contributed by atoms with van der Waals surface area (Å²) in [5.41, 5.74) is 1.94. The van der Waals surface area contributed by atoms with E-state index >= 15 is 0 Å². The monoisotopic (exact) mass is 412 g/mol. The van der Waals surface area contributed by atoms with Crippen LogP contribution in [0.5, 0.6) is 23.0 Å². The largest absolute Gasteiger partial charge is 0.493 e. The van der Waals surface area contributed by atoms with Crippen LogP contribution in [0.4, 0.5) is 0 Å². The van der Waals surface area contributed by atoms with Crippen LogP contribution in [0.2, 0.25) is 0 Å². The number of aromatic nitrogens is 4. The van der Waals surface area contributed by atoms with Crippen molar-refractivity contribution in [1.29, 1.82) is 0 Å². The van der Waals surface area contributed by atoms with Gasteiger partial charge in [0.15, 0.2) is 22.3 Å². The van der Waals surface area contributed by atoms with Gasteiger partial charge in [-0.05, 0) is 31.2 Å². The van der Waals surface area contributed by atoms with Gasteiger partial charge >= 0.3 is 0 Å². The van der Waals surface area contributed by atoms with E-state index in [0.717, 1.165) is 16.3 Å². The van der Waals surface area contributed by atoms with Crippen molar-refractivity contribution in [1.82, 2.24) is 19.8 Å². The third-order valence-electron chi connectivity index (χ3n) is 4.34.